The molecule has 4 nitrogen and oxygen atoms in total. The number of amides is 1. The minimum absolute atomic E-state index is 0.0206. The number of likely N-dealkylation sites (tertiary alicyclic amines) is 1. The van der Waals surface area contributed by atoms with Crippen molar-refractivity contribution >= 4 is 16.9 Å². The molecule has 1 unspecified atom stereocenters. The van der Waals surface area contributed by atoms with Crippen LogP contribution in [0.15, 0.2) is 47.1 Å². The largest absolute Gasteiger partial charge is 0.451 e. The van der Waals surface area contributed by atoms with Crippen molar-refractivity contribution in [2.45, 2.75) is 32.7 Å². The lowest BCUT2D eigenvalue weighted by Crippen LogP contribution is -2.30. The first-order valence-corrected chi connectivity index (χ1v) is 8.36. The summed E-state index contributed by atoms with van der Waals surface area (Å²) >= 11 is 0. The van der Waals surface area contributed by atoms with Crippen molar-refractivity contribution in [3.05, 3.63) is 65.2 Å². The fourth-order valence-corrected chi connectivity index (χ4v) is 3.60. The predicted octanol–water partition coefficient (Wildman–Crippen LogP) is 4.42. The van der Waals surface area contributed by atoms with Gasteiger partial charge < -0.3 is 9.32 Å². The third-order valence-corrected chi connectivity index (χ3v) is 4.87. The van der Waals surface area contributed by atoms with Crippen LogP contribution in [0.3, 0.4) is 0 Å². The number of nitrogens with zero attached hydrogens (tertiary/aromatic N) is 2. The SMILES string of the molecule is Cc1ccc2c(C)c(C(=O)N3CCCC3c3cccnc3)oc2c1. The van der Waals surface area contributed by atoms with Gasteiger partial charge in [0.05, 0.1) is 6.04 Å². The average Bonchev–Trinajstić information content (AvgIpc) is 3.20. The Morgan fingerprint density at radius 1 is 1.29 bits per heavy atom. The van der Waals surface area contributed by atoms with Gasteiger partial charge in [-0.1, -0.05) is 18.2 Å². The zero-order valence-corrected chi connectivity index (χ0v) is 14.0. The highest BCUT2D eigenvalue weighted by molar-refractivity contribution is 5.99. The molecule has 122 valence electrons. The summed E-state index contributed by atoms with van der Waals surface area (Å²) in [5, 5.41) is 1.01. The lowest BCUT2D eigenvalue weighted by molar-refractivity contribution is 0.0704. The third kappa shape index (κ3) is 2.39. The van der Waals surface area contributed by atoms with Gasteiger partial charge in [0, 0.05) is 29.9 Å². The van der Waals surface area contributed by atoms with E-state index >= 15 is 0 Å². The molecule has 0 radical (unpaired) electrons. The van der Waals surface area contributed by atoms with E-state index in [-0.39, 0.29) is 11.9 Å². The number of fused-ring (bicyclic) bond motifs is 1. The second-order valence-corrected chi connectivity index (χ2v) is 6.50. The van der Waals surface area contributed by atoms with Crippen LogP contribution < -0.4 is 0 Å². The highest BCUT2D eigenvalue weighted by Crippen LogP contribution is 2.35. The van der Waals surface area contributed by atoms with E-state index in [0.29, 0.717) is 5.76 Å². The van der Waals surface area contributed by atoms with E-state index in [1.807, 2.05) is 55.3 Å². The first-order chi connectivity index (χ1) is 11.6. The summed E-state index contributed by atoms with van der Waals surface area (Å²) in [6, 6.07) is 10.1. The molecule has 0 saturated carbocycles. The van der Waals surface area contributed by atoms with Gasteiger partial charge in [0.1, 0.15) is 5.58 Å². The number of hydrogen-bond donors (Lipinski definition) is 0. The Balaban J connectivity index is 1.72. The number of aromatic nitrogens is 1. The van der Waals surface area contributed by atoms with Crippen LogP contribution in [0.5, 0.6) is 0 Å². The van der Waals surface area contributed by atoms with E-state index in [9.17, 15) is 4.79 Å². The lowest BCUT2D eigenvalue weighted by atomic mass is 10.1. The number of benzene rings is 1. The van der Waals surface area contributed by atoms with Gasteiger partial charge in [-0.2, -0.15) is 0 Å². The molecule has 1 aliphatic heterocycles. The summed E-state index contributed by atoms with van der Waals surface area (Å²) < 4.78 is 5.93. The van der Waals surface area contributed by atoms with Gasteiger partial charge in [-0.3, -0.25) is 9.78 Å². The van der Waals surface area contributed by atoms with E-state index < -0.39 is 0 Å². The zero-order valence-electron chi connectivity index (χ0n) is 14.0. The number of carbonyl (C=O) groups excluding carboxylic acids is 1. The summed E-state index contributed by atoms with van der Waals surface area (Å²) in [4.78, 5) is 19.2. The monoisotopic (exact) mass is 320 g/mol. The number of aryl methyl sites for hydroxylation is 2. The molecule has 24 heavy (non-hydrogen) atoms. The molecule has 0 spiro atoms. The summed E-state index contributed by atoms with van der Waals surface area (Å²) in [5.41, 5.74) is 3.93. The quantitative estimate of drug-likeness (QED) is 0.702. The summed E-state index contributed by atoms with van der Waals surface area (Å²) in [7, 11) is 0. The molecule has 1 atom stereocenters. The van der Waals surface area contributed by atoms with E-state index in [1.54, 1.807) is 6.20 Å². The van der Waals surface area contributed by atoms with Crippen molar-refractivity contribution < 1.29 is 9.21 Å². The Morgan fingerprint density at radius 2 is 2.17 bits per heavy atom. The Bertz CT molecular complexity index is 899. The van der Waals surface area contributed by atoms with Gasteiger partial charge in [-0.05, 0) is 49.9 Å². The second kappa shape index (κ2) is 5.78. The van der Waals surface area contributed by atoms with Crippen LogP contribution in [-0.4, -0.2) is 22.3 Å². The Labute approximate surface area is 141 Å². The second-order valence-electron chi connectivity index (χ2n) is 6.50. The van der Waals surface area contributed by atoms with E-state index in [2.05, 4.69) is 4.98 Å². The maximum atomic E-state index is 13.1. The van der Waals surface area contributed by atoms with Gasteiger partial charge in [0.25, 0.3) is 5.91 Å². The van der Waals surface area contributed by atoms with Crippen molar-refractivity contribution in [3.8, 4) is 0 Å². The lowest BCUT2D eigenvalue weighted by Gasteiger charge is -2.24. The molecule has 3 heterocycles. The number of hydrogen-bond acceptors (Lipinski definition) is 3. The van der Waals surface area contributed by atoms with E-state index in [0.717, 1.165) is 47.0 Å². The maximum absolute atomic E-state index is 13.1. The molecule has 1 saturated heterocycles. The van der Waals surface area contributed by atoms with Gasteiger partial charge >= 0.3 is 0 Å². The number of furan rings is 1. The zero-order chi connectivity index (χ0) is 16.7. The molecule has 0 N–H and O–H groups in total. The van der Waals surface area contributed by atoms with Crippen molar-refractivity contribution in [1.29, 1.82) is 0 Å². The highest BCUT2D eigenvalue weighted by Gasteiger charge is 2.33. The van der Waals surface area contributed by atoms with Crippen LogP contribution in [0.4, 0.5) is 0 Å². The summed E-state index contributed by atoms with van der Waals surface area (Å²) in [6.45, 7) is 4.75. The Morgan fingerprint density at radius 3 is 2.96 bits per heavy atom. The molecule has 1 fully saturated rings. The van der Waals surface area contributed by atoms with E-state index in [4.69, 9.17) is 4.42 Å². The van der Waals surface area contributed by atoms with Gasteiger partial charge in [-0.15, -0.1) is 0 Å². The van der Waals surface area contributed by atoms with Crippen LogP contribution in [0.2, 0.25) is 0 Å². The van der Waals surface area contributed by atoms with Crippen LogP contribution in [0, 0.1) is 13.8 Å². The van der Waals surface area contributed by atoms with Crippen LogP contribution in [0.1, 0.15) is 46.1 Å². The first kappa shape index (κ1) is 14.9. The van der Waals surface area contributed by atoms with Crippen molar-refractivity contribution in [2.24, 2.45) is 0 Å². The molecule has 2 aromatic heterocycles. The van der Waals surface area contributed by atoms with Crippen LogP contribution in [0.25, 0.3) is 11.0 Å². The average molecular weight is 320 g/mol. The number of rotatable bonds is 2. The molecule has 4 rings (SSSR count). The molecule has 1 amide bonds. The molecule has 4 heteroatoms. The minimum atomic E-state index is -0.0206. The molecule has 1 aliphatic rings. The van der Waals surface area contributed by atoms with Gasteiger partial charge in [0.2, 0.25) is 0 Å². The van der Waals surface area contributed by atoms with Crippen LogP contribution >= 0.6 is 0 Å². The molecule has 0 bridgehead atoms. The third-order valence-electron chi connectivity index (χ3n) is 4.87. The predicted molar refractivity (Wildman–Crippen MR) is 92.9 cm³/mol. The molecule has 1 aromatic carbocycles. The maximum Gasteiger partial charge on any atom is 0.290 e. The summed E-state index contributed by atoms with van der Waals surface area (Å²) in [5.74, 6) is 0.444. The van der Waals surface area contributed by atoms with Crippen molar-refractivity contribution in [1.82, 2.24) is 9.88 Å². The van der Waals surface area contributed by atoms with Crippen molar-refractivity contribution in [2.75, 3.05) is 6.54 Å². The van der Waals surface area contributed by atoms with Gasteiger partial charge in [-0.25, -0.2) is 0 Å². The minimum Gasteiger partial charge on any atom is -0.451 e. The molecular formula is C20H20N2O2. The number of carbonyl (C=O) groups is 1. The first-order valence-electron chi connectivity index (χ1n) is 8.36. The highest BCUT2D eigenvalue weighted by atomic mass is 16.3. The fraction of sp³-hybridized carbons (Fsp3) is 0.300. The fourth-order valence-electron chi connectivity index (χ4n) is 3.60. The standard InChI is InChI=1S/C20H20N2O2/c1-13-7-8-16-14(2)19(24-18(16)11-13)20(23)22-10-4-6-17(22)15-5-3-9-21-12-15/h3,5,7-9,11-12,17H,4,6,10H2,1-2H3. The van der Waals surface area contributed by atoms with E-state index in [1.165, 1.54) is 0 Å². The Hall–Kier alpha value is -2.62. The van der Waals surface area contributed by atoms with Crippen molar-refractivity contribution in [3.63, 3.8) is 0 Å². The molecule has 0 aliphatic carbocycles. The molecular weight excluding hydrogens is 300 g/mol. The smallest absolute Gasteiger partial charge is 0.290 e. The summed E-state index contributed by atoms with van der Waals surface area (Å²) in [6.07, 6.45) is 5.58. The van der Waals surface area contributed by atoms with Gasteiger partial charge in [0.15, 0.2) is 5.76 Å². The van der Waals surface area contributed by atoms with Crippen LogP contribution in [-0.2, 0) is 0 Å². The topological polar surface area (TPSA) is 46.3 Å². The number of pyridine rings is 1. The normalized spacial score (nSPS) is 17.6. The molecule has 3 aromatic rings. The Kier molecular flexibility index (Phi) is 3.60.